The lowest BCUT2D eigenvalue weighted by atomic mass is 10.2. The number of methoxy groups -OCH3 is 2. The van der Waals surface area contributed by atoms with Gasteiger partial charge in [-0.05, 0) is 36.4 Å². The smallest absolute Gasteiger partial charge is 0.411 e. The molecule has 0 heterocycles. The minimum atomic E-state index is -0.599. The monoisotopic (exact) mass is 430 g/mol. The molecule has 0 fully saturated rings. The molecule has 3 amide bonds. The third-order valence-electron chi connectivity index (χ3n) is 3.88. The van der Waals surface area contributed by atoms with Crippen molar-refractivity contribution < 1.29 is 28.6 Å². The molecule has 0 unspecified atom stereocenters. The fraction of sp³-hybridized carbons (Fsp3) is 0.286. The van der Waals surface area contributed by atoms with E-state index in [9.17, 15) is 14.4 Å². The topological polar surface area (TPSA) is 127 Å². The molecule has 10 nitrogen and oxygen atoms in total. The van der Waals surface area contributed by atoms with Gasteiger partial charge in [-0.1, -0.05) is 6.07 Å². The van der Waals surface area contributed by atoms with E-state index in [0.29, 0.717) is 35.1 Å². The fourth-order valence-corrected chi connectivity index (χ4v) is 2.54. The maximum absolute atomic E-state index is 12.4. The van der Waals surface area contributed by atoms with Crippen LogP contribution in [0.1, 0.15) is 6.92 Å². The molecule has 10 heteroatoms. The van der Waals surface area contributed by atoms with Crippen molar-refractivity contribution in [2.75, 3.05) is 55.2 Å². The predicted molar refractivity (Wildman–Crippen MR) is 118 cm³/mol. The SMILES string of the molecule is COCCOC(=O)Nc1cccc(NCC(=O)Nc2cc(NC(C)=O)ccc2OC)c1. The quantitative estimate of drug-likeness (QED) is 0.427. The van der Waals surface area contributed by atoms with Crippen molar-refractivity contribution in [3.63, 3.8) is 0 Å². The molecule has 2 aromatic carbocycles. The summed E-state index contributed by atoms with van der Waals surface area (Å²) in [5.41, 5.74) is 2.10. The van der Waals surface area contributed by atoms with Crippen LogP contribution in [0.4, 0.5) is 27.5 Å². The van der Waals surface area contributed by atoms with Crippen LogP contribution < -0.4 is 26.0 Å². The molecule has 0 aliphatic rings. The number of hydrogen-bond donors (Lipinski definition) is 4. The standard InChI is InChI=1S/C21H26N4O6/c1-14(26)23-17-7-8-19(30-3)18(12-17)25-20(27)13-22-15-5-4-6-16(11-15)24-21(28)31-10-9-29-2/h4-8,11-12,22H,9-10,13H2,1-3H3,(H,23,26)(H,24,28)(H,25,27). The van der Waals surface area contributed by atoms with E-state index in [1.807, 2.05) is 0 Å². The van der Waals surface area contributed by atoms with Gasteiger partial charge in [0, 0.05) is 31.1 Å². The number of anilines is 4. The first-order valence-electron chi connectivity index (χ1n) is 9.43. The lowest BCUT2D eigenvalue weighted by molar-refractivity contribution is -0.115. The zero-order valence-electron chi connectivity index (χ0n) is 17.6. The van der Waals surface area contributed by atoms with Crippen LogP contribution in [0.2, 0.25) is 0 Å². The molecular weight excluding hydrogens is 404 g/mol. The van der Waals surface area contributed by atoms with E-state index in [1.165, 1.54) is 21.1 Å². The number of ether oxygens (including phenoxy) is 3. The third kappa shape index (κ3) is 8.23. The average molecular weight is 430 g/mol. The van der Waals surface area contributed by atoms with E-state index in [2.05, 4.69) is 21.3 Å². The number of rotatable bonds is 10. The second-order valence-electron chi connectivity index (χ2n) is 6.33. The third-order valence-corrected chi connectivity index (χ3v) is 3.88. The molecule has 2 aromatic rings. The van der Waals surface area contributed by atoms with Crippen molar-refractivity contribution in [3.8, 4) is 5.75 Å². The molecule has 0 aliphatic heterocycles. The van der Waals surface area contributed by atoms with Crippen molar-refractivity contribution >= 4 is 40.7 Å². The average Bonchev–Trinajstić information content (AvgIpc) is 2.72. The summed E-state index contributed by atoms with van der Waals surface area (Å²) >= 11 is 0. The van der Waals surface area contributed by atoms with E-state index >= 15 is 0 Å². The Bertz CT molecular complexity index is 918. The molecule has 0 aliphatic carbocycles. The normalized spacial score (nSPS) is 10.0. The van der Waals surface area contributed by atoms with E-state index < -0.39 is 6.09 Å². The Kier molecular flexibility index (Phi) is 9.12. The zero-order valence-corrected chi connectivity index (χ0v) is 17.6. The highest BCUT2D eigenvalue weighted by molar-refractivity contribution is 5.97. The molecule has 0 atom stereocenters. The maximum atomic E-state index is 12.4. The summed E-state index contributed by atoms with van der Waals surface area (Å²) in [4.78, 5) is 35.3. The van der Waals surface area contributed by atoms with E-state index in [0.717, 1.165) is 0 Å². The highest BCUT2D eigenvalue weighted by atomic mass is 16.6. The Labute approximate surface area is 180 Å². The van der Waals surface area contributed by atoms with Gasteiger partial charge < -0.3 is 30.2 Å². The first-order valence-corrected chi connectivity index (χ1v) is 9.43. The van der Waals surface area contributed by atoms with Crippen molar-refractivity contribution in [3.05, 3.63) is 42.5 Å². The van der Waals surface area contributed by atoms with Crippen LogP contribution in [0.15, 0.2) is 42.5 Å². The fourth-order valence-electron chi connectivity index (χ4n) is 2.54. The molecule has 166 valence electrons. The summed E-state index contributed by atoms with van der Waals surface area (Å²) in [5, 5.41) is 11.0. The Morgan fingerprint density at radius 3 is 2.32 bits per heavy atom. The number of carbonyl (C=O) groups is 3. The second-order valence-corrected chi connectivity index (χ2v) is 6.33. The van der Waals surface area contributed by atoms with Gasteiger partial charge in [0.05, 0.1) is 25.9 Å². The summed E-state index contributed by atoms with van der Waals surface area (Å²) in [5.74, 6) is -0.0866. The Morgan fingerprint density at radius 2 is 1.61 bits per heavy atom. The Morgan fingerprint density at radius 1 is 0.871 bits per heavy atom. The molecule has 0 radical (unpaired) electrons. The van der Waals surface area contributed by atoms with Gasteiger partial charge in [0.25, 0.3) is 0 Å². The molecule has 0 aromatic heterocycles. The van der Waals surface area contributed by atoms with Gasteiger partial charge in [0.2, 0.25) is 11.8 Å². The molecular formula is C21H26N4O6. The van der Waals surface area contributed by atoms with Crippen molar-refractivity contribution in [2.24, 2.45) is 0 Å². The number of amides is 3. The predicted octanol–water partition coefficient (Wildman–Crippen LogP) is 2.90. The van der Waals surface area contributed by atoms with E-state index in [4.69, 9.17) is 14.2 Å². The molecule has 4 N–H and O–H groups in total. The van der Waals surface area contributed by atoms with Gasteiger partial charge in [-0.15, -0.1) is 0 Å². The van der Waals surface area contributed by atoms with Crippen LogP contribution in [0.3, 0.4) is 0 Å². The van der Waals surface area contributed by atoms with Crippen LogP contribution in [0.25, 0.3) is 0 Å². The highest BCUT2D eigenvalue weighted by Gasteiger charge is 2.10. The number of nitrogens with one attached hydrogen (secondary N) is 4. The Hall–Kier alpha value is -3.79. The Balaban J connectivity index is 1.93. The van der Waals surface area contributed by atoms with E-state index in [1.54, 1.807) is 42.5 Å². The summed E-state index contributed by atoms with van der Waals surface area (Å²) < 4.78 is 15.0. The molecule has 0 saturated carbocycles. The summed E-state index contributed by atoms with van der Waals surface area (Å²) in [6.07, 6.45) is -0.599. The summed E-state index contributed by atoms with van der Waals surface area (Å²) in [6, 6.07) is 11.8. The lowest BCUT2D eigenvalue weighted by Gasteiger charge is -2.13. The van der Waals surface area contributed by atoms with Crippen LogP contribution >= 0.6 is 0 Å². The van der Waals surface area contributed by atoms with Gasteiger partial charge >= 0.3 is 6.09 Å². The van der Waals surface area contributed by atoms with Crippen molar-refractivity contribution in [2.45, 2.75) is 6.92 Å². The molecule has 31 heavy (non-hydrogen) atoms. The number of hydrogen-bond acceptors (Lipinski definition) is 7. The van der Waals surface area contributed by atoms with Gasteiger partial charge in [-0.25, -0.2) is 4.79 Å². The molecule has 2 rings (SSSR count). The number of benzene rings is 2. The van der Waals surface area contributed by atoms with Crippen molar-refractivity contribution in [1.82, 2.24) is 0 Å². The van der Waals surface area contributed by atoms with Crippen LogP contribution in [-0.4, -0.2) is 51.9 Å². The van der Waals surface area contributed by atoms with Gasteiger partial charge in [-0.3, -0.25) is 14.9 Å². The highest BCUT2D eigenvalue weighted by Crippen LogP contribution is 2.27. The second kappa shape index (κ2) is 12.0. The lowest BCUT2D eigenvalue weighted by Crippen LogP contribution is -2.22. The van der Waals surface area contributed by atoms with Gasteiger partial charge in [0.1, 0.15) is 12.4 Å². The summed E-state index contributed by atoms with van der Waals surface area (Å²) in [6.45, 7) is 1.82. The number of carbonyl (C=O) groups excluding carboxylic acids is 3. The minimum Gasteiger partial charge on any atom is -0.495 e. The van der Waals surface area contributed by atoms with Gasteiger partial charge in [-0.2, -0.15) is 0 Å². The summed E-state index contributed by atoms with van der Waals surface area (Å²) in [7, 11) is 3.00. The van der Waals surface area contributed by atoms with Crippen LogP contribution in [0, 0.1) is 0 Å². The van der Waals surface area contributed by atoms with Gasteiger partial charge in [0.15, 0.2) is 0 Å². The first-order chi connectivity index (χ1) is 14.9. The van der Waals surface area contributed by atoms with Crippen LogP contribution in [-0.2, 0) is 19.1 Å². The van der Waals surface area contributed by atoms with Crippen LogP contribution in [0.5, 0.6) is 5.75 Å². The largest absolute Gasteiger partial charge is 0.495 e. The molecule has 0 bridgehead atoms. The zero-order chi connectivity index (χ0) is 22.6. The first kappa shape index (κ1) is 23.5. The maximum Gasteiger partial charge on any atom is 0.411 e. The minimum absolute atomic E-state index is 0.0325. The van der Waals surface area contributed by atoms with E-state index in [-0.39, 0.29) is 25.0 Å². The molecule has 0 saturated heterocycles. The molecule has 0 spiro atoms. The van der Waals surface area contributed by atoms with Crippen molar-refractivity contribution in [1.29, 1.82) is 0 Å².